The lowest BCUT2D eigenvalue weighted by Crippen LogP contribution is -2.26. The molecule has 0 saturated heterocycles. The molecular formula is C15H17N5OS. The second-order valence-corrected chi connectivity index (χ2v) is 6.38. The Bertz CT molecular complexity index is 793. The van der Waals surface area contributed by atoms with E-state index in [1.54, 1.807) is 4.52 Å². The number of nitrogens with zero attached hydrogens (tertiary/aromatic N) is 4. The summed E-state index contributed by atoms with van der Waals surface area (Å²) in [5.74, 6) is 0.777. The van der Waals surface area contributed by atoms with Crippen LogP contribution >= 0.6 is 11.3 Å². The number of carbonyl (C=O) groups excluding carboxylic acids is 1. The summed E-state index contributed by atoms with van der Waals surface area (Å²) in [4.78, 5) is 13.0. The van der Waals surface area contributed by atoms with Gasteiger partial charge in [0.25, 0.3) is 5.91 Å². The molecule has 22 heavy (non-hydrogen) atoms. The molecule has 1 unspecified atom stereocenters. The van der Waals surface area contributed by atoms with Crippen LogP contribution in [0, 0.1) is 0 Å². The zero-order chi connectivity index (χ0) is 15.7. The fourth-order valence-corrected chi connectivity index (χ4v) is 2.92. The Morgan fingerprint density at radius 1 is 1.18 bits per heavy atom. The van der Waals surface area contributed by atoms with Gasteiger partial charge < -0.3 is 5.32 Å². The monoisotopic (exact) mass is 315 g/mol. The molecule has 3 aromatic rings. The van der Waals surface area contributed by atoms with E-state index >= 15 is 0 Å². The smallest absolute Gasteiger partial charge is 0.282 e. The fourth-order valence-electron chi connectivity index (χ4n) is 2.17. The molecule has 1 N–H and O–H groups in total. The summed E-state index contributed by atoms with van der Waals surface area (Å²) in [6.07, 6.45) is 0. The van der Waals surface area contributed by atoms with Crippen molar-refractivity contribution in [2.45, 2.75) is 32.7 Å². The van der Waals surface area contributed by atoms with Crippen molar-refractivity contribution in [1.29, 1.82) is 0 Å². The molecule has 114 valence electrons. The van der Waals surface area contributed by atoms with Gasteiger partial charge in [0.2, 0.25) is 9.97 Å². The van der Waals surface area contributed by atoms with E-state index < -0.39 is 0 Å². The molecule has 1 atom stereocenters. The van der Waals surface area contributed by atoms with Crippen LogP contribution in [0.15, 0.2) is 30.3 Å². The molecule has 0 aliphatic rings. The van der Waals surface area contributed by atoms with Crippen molar-refractivity contribution < 1.29 is 4.79 Å². The molecule has 3 rings (SSSR count). The van der Waals surface area contributed by atoms with Crippen molar-refractivity contribution in [3.63, 3.8) is 0 Å². The molecule has 2 heterocycles. The normalized spacial score (nSPS) is 12.7. The Kier molecular flexibility index (Phi) is 3.89. The van der Waals surface area contributed by atoms with Gasteiger partial charge in [0.15, 0.2) is 5.82 Å². The molecule has 0 bridgehead atoms. The average molecular weight is 315 g/mol. The Balaban J connectivity index is 1.80. The van der Waals surface area contributed by atoms with Crippen molar-refractivity contribution in [2.75, 3.05) is 0 Å². The summed E-state index contributed by atoms with van der Waals surface area (Å²) in [5, 5.41) is 15.9. The van der Waals surface area contributed by atoms with E-state index in [2.05, 4.69) is 20.6 Å². The maximum Gasteiger partial charge on any atom is 0.282 e. The first-order valence-electron chi connectivity index (χ1n) is 7.14. The number of hydrogen-bond donors (Lipinski definition) is 1. The highest BCUT2D eigenvalue weighted by molar-refractivity contribution is 7.18. The summed E-state index contributed by atoms with van der Waals surface area (Å²) in [7, 11) is 0. The van der Waals surface area contributed by atoms with Crippen LogP contribution in [0.1, 0.15) is 53.9 Å². The Labute approximate surface area is 132 Å². The van der Waals surface area contributed by atoms with Crippen LogP contribution in [0.4, 0.5) is 0 Å². The van der Waals surface area contributed by atoms with Crippen LogP contribution in [0.5, 0.6) is 0 Å². The van der Waals surface area contributed by atoms with Crippen molar-refractivity contribution >= 4 is 22.2 Å². The van der Waals surface area contributed by atoms with Gasteiger partial charge in [-0.25, -0.2) is 0 Å². The van der Waals surface area contributed by atoms with Crippen LogP contribution in [0.25, 0.3) is 4.96 Å². The number of rotatable bonds is 4. The molecule has 6 nitrogen and oxygen atoms in total. The zero-order valence-electron chi connectivity index (χ0n) is 12.6. The molecule has 2 aromatic heterocycles. The minimum atomic E-state index is -0.193. The number of hydrogen-bond acceptors (Lipinski definition) is 5. The van der Waals surface area contributed by atoms with Gasteiger partial charge in [-0.2, -0.15) is 4.52 Å². The third kappa shape index (κ3) is 2.71. The summed E-state index contributed by atoms with van der Waals surface area (Å²) >= 11 is 1.25. The molecule has 0 radical (unpaired) electrons. The highest BCUT2D eigenvalue weighted by atomic mass is 32.1. The molecule has 1 aromatic carbocycles. The number of carbonyl (C=O) groups is 1. The first-order valence-corrected chi connectivity index (χ1v) is 7.96. The van der Waals surface area contributed by atoms with E-state index in [9.17, 15) is 4.79 Å². The summed E-state index contributed by atoms with van der Waals surface area (Å²) in [5.41, 5.74) is 1.06. The first-order chi connectivity index (χ1) is 10.6. The fraction of sp³-hybridized carbons (Fsp3) is 0.333. The van der Waals surface area contributed by atoms with Crippen molar-refractivity contribution in [3.05, 3.63) is 46.7 Å². The van der Waals surface area contributed by atoms with Gasteiger partial charge >= 0.3 is 0 Å². The second-order valence-electron chi connectivity index (χ2n) is 5.42. The van der Waals surface area contributed by atoms with Gasteiger partial charge in [-0.15, -0.1) is 15.3 Å². The number of amides is 1. The largest absolute Gasteiger partial charge is 0.343 e. The van der Waals surface area contributed by atoms with Crippen LogP contribution in [0.3, 0.4) is 0 Å². The van der Waals surface area contributed by atoms with Crippen molar-refractivity contribution in [1.82, 2.24) is 25.1 Å². The van der Waals surface area contributed by atoms with Gasteiger partial charge in [0, 0.05) is 5.92 Å². The summed E-state index contributed by atoms with van der Waals surface area (Å²) < 4.78 is 1.65. The van der Waals surface area contributed by atoms with Gasteiger partial charge in [-0.05, 0) is 12.5 Å². The van der Waals surface area contributed by atoms with E-state index in [0.29, 0.717) is 9.97 Å². The van der Waals surface area contributed by atoms with Gasteiger partial charge in [-0.1, -0.05) is 55.5 Å². The standard InChI is InChI=1S/C15H17N5OS/c1-9(2)12-17-18-15-20(12)19-14(22-15)13(21)16-10(3)11-7-5-4-6-8-11/h4-10H,1-3H3,(H,16,21). The van der Waals surface area contributed by atoms with Gasteiger partial charge in [0.05, 0.1) is 6.04 Å². The van der Waals surface area contributed by atoms with E-state index in [0.717, 1.165) is 11.4 Å². The molecule has 1 amide bonds. The zero-order valence-corrected chi connectivity index (χ0v) is 13.5. The minimum Gasteiger partial charge on any atom is -0.343 e. The van der Waals surface area contributed by atoms with E-state index in [-0.39, 0.29) is 17.9 Å². The molecule has 0 fully saturated rings. The number of aromatic nitrogens is 4. The SMILES string of the molecule is CC(C)c1nnc2sc(C(=O)NC(C)c3ccccc3)nn12. The summed E-state index contributed by atoms with van der Waals surface area (Å²) in [6, 6.07) is 9.76. The lowest BCUT2D eigenvalue weighted by Gasteiger charge is -2.12. The molecule has 0 spiro atoms. The highest BCUT2D eigenvalue weighted by Gasteiger charge is 2.19. The van der Waals surface area contributed by atoms with E-state index in [4.69, 9.17) is 0 Å². The van der Waals surface area contributed by atoms with Crippen LogP contribution < -0.4 is 5.32 Å². The van der Waals surface area contributed by atoms with Crippen LogP contribution in [-0.2, 0) is 0 Å². The molecular weight excluding hydrogens is 298 g/mol. The molecule has 0 aliphatic heterocycles. The third-order valence-electron chi connectivity index (χ3n) is 3.37. The average Bonchev–Trinajstić information content (AvgIpc) is 3.07. The Morgan fingerprint density at radius 3 is 2.59 bits per heavy atom. The van der Waals surface area contributed by atoms with Crippen molar-refractivity contribution in [2.24, 2.45) is 0 Å². The van der Waals surface area contributed by atoms with Crippen LogP contribution in [-0.4, -0.2) is 25.7 Å². The van der Waals surface area contributed by atoms with Crippen LogP contribution in [0.2, 0.25) is 0 Å². The quantitative estimate of drug-likeness (QED) is 0.803. The third-order valence-corrected chi connectivity index (χ3v) is 4.27. The second kappa shape index (κ2) is 5.84. The molecule has 0 aliphatic carbocycles. The number of nitrogens with one attached hydrogen (secondary N) is 1. The maximum atomic E-state index is 12.4. The van der Waals surface area contributed by atoms with E-state index in [1.165, 1.54) is 11.3 Å². The van der Waals surface area contributed by atoms with Gasteiger partial charge in [0.1, 0.15) is 0 Å². The molecule has 7 heteroatoms. The lowest BCUT2D eigenvalue weighted by atomic mass is 10.1. The van der Waals surface area contributed by atoms with Gasteiger partial charge in [-0.3, -0.25) is 4.79 Å². The van der Waals surface area contributed by atoms with Crippen molar-refractivity contribution in [3.8, 4) is 0 Å². The first kappa shape index (κ1) is 14.6. The maximum absolute atomic E-state index is 12.4. The summed E-state index contributed by atoms with van der Waals surface area (Å²) in [6.45, 7) is 5.99. The predicted molar refractivity (Wildman–Crippen MR) is 85.1 cm³/mol. The lowest BCUT2D eigenvalue weighted by molar-refractivity contribution is 0.0938. The van der Waals surface area contributed by atoms with E-state index in [1.807, 2.05) is 51.1 Å². The number of fused-ring (bicyclic) bond motifs is 1. The topological polar surface area (TPSA) is 72.2 Å². The molecule has 0 saturated carbocycles. The Morgan fingerprint density at radius 2 is 1.91 bits per heavy atom. The number of benzene rings is 1. The Hall–Kier alpha value is -2.28. The predicted octanol–water partition coefficient (Wildman–Crippen LogP) is 2.80. The minimum absolute atomic E-state index is 0.0763. The highest BCUT2D eigenvalue weighted by Crippen LogP contribution is 2.19.